The molecule has 1 aliphatic rings. The largest absolute Gasteiger partial charge is 0.353 e. The molecule has 28 heavy (non-hydrogen) atoms. The van der Waals surface area contributed by atoms with Crippen LogP contribution in [-0.2, 0) is 0 Å². The number of hydrogen-bond donors (Lipinski definition) is 1. The third-order valence-electron chi connectivity index (χ3n) is 4.83. The summed E-state index contributed by atoms with van der Waals surface area (Å²) in [5.41, 5.74) is 1.52. The number of carbonyl (C=O) groups excluding carboxylic acids is 1. The van der Waals surface area contributed by atoms with Gasteiger partial charge in [-0.1, -0.05) is 6.92 Å². The van der Waals surface area contributed by atoms with Gasteiger partial charge in [0.25, 0.3) is 11.7 Å². The maximum absolute atomic E-state index is 12.0. The van der Waals surface area contributed by atoms with Crippen LogP contribution in [0, 0.1) is 6.92 Å². The van der Waals surface area contributed by atoms with E-state index in [1.165, 1.54) is 6.33 Å². The smallest absolute Gasteiger partial charge is 0.254 e. The van der Waals surface area contributed by atoms with Gasteiger partial charge in [-0.15, -0.1) is 0 Å². The number of pyridine rings is 1. The molecule has 0 spiro atoms. The molecule has 1 N–H and O–H groups in total. The van der Waals surface area contributed by atoms with E-state index in [1.807, 2.05) is 32.0 Å². The number of rotatable bonds is 5. The van der Waals surface area contributed by atoms with Crippen LogP contribution in [0.5, 0.6) is 0 Å². The molecule has 0 bridgehead atoms. The molecule has 4 heterocycles. The lowest BCUT2D eigenvalue weighted by Crippen LogP contribution is -2.47. The second-order valence-electron chi connectivity index (χ2n) is 6.86. The number of aromatic nitrogens is 5. The first kappa shape index (κ1) is 18.1. The molecule has 1 saturated heterocycles. The van der Waals surface area contributed by atoms with E-state index in [4.69, 9.17) is 0 Å². The summed E-state index contributed by atoms with van der Waals surface area (Å²) in [5.74, 6) is 2.45. The fraction of sp³-hybridized carbons (Fsp3) is 0.421. The molecule has 0 aromatic carbocycles. The van der Waals surface area contributed by atoms with Crippen molar-refractivity contribution in [2.75, 3.05) is 42.5 Å². The quantitative estimate of drug-likeness (QED) is 0.713. The molecule has 0 aliphatic carbocycles. The van der Waals surface area contributed by atoms with Crippen molar-refractivity contribution in [3.63, 3.8) is 0 Å². The van der Waals surface area contributed by atoms with Crippen molar-refractivity contribution >= 4 is 23.3 Å². The summed E-state index contributed by atoms with van der Waals surface area (Å²) in [6.07, 6.45) is 4.10. The fourth-order valence-electron chi connectivity index (χ4n) is 3.35. The number of anilines is 2. The van der Waals surface area contributed by atoms with E-state index in [2.05, 4.69) is 35.2 Å². The molecular formula is C19H24N8O. The average molecular weight is 380 g/mol. The summed E-state index contributed by atoms with van der Waals surface area (Å²) in [6, 6.07) is 5.80. The molecule has 9 nitrogen and oxygen atoms in total. The summed E-state index contributed by atoms with van der Waals surface area (Å²) in [6.45, 7) is 8.05. The Morgan fingerprint density at radius 3 is 2.64 bits per heavy atom. The normalized spacial score (nSPS) is 14.5. The van der Waals surface area contributed by atoms with Crippen LogP contribution < -0.4 is 15.1 Å². The highest BCUT2D eigenvalue weighted by atomic mass is 16.1. The zero-order valence-electron chi connectivity index (χ0n) is 16.2. The Bertz CT molecular complexity index is 960. The van der Waals surface area contributed by atoms with Crippen molar-refractivity contribution in [2.45, 2.75) is 20.3 Å². The lowest BCUT2D eigenvalue weighted by Gasteiger charge is -2.36. The van der Waals surface area contributed by atoms with Crippen molar-refractivity contribution in [2.24, 2.45) is 0 Å². The van der Waals surface area contributed by atoms with Crippen LogP contribution in [0.2, 0.25) is 0 Å². The molecule has 9 heteroatoms. The predicted molar refractivity (Wildman–Crippen MR) is 107 cm³/mol. The molecular weight excluding hydrogens is 356 g/mol. The molecule has 3 aromatic heterocycles. The fourth-order valence-corrected chi connectivity index (χ4v) is 3.35. The van der Waals surface area contributed by atoms with Crippen molar-refractivity contribution in [1.82, 2.24) is 29.9 Å². The molecule has 0 radical (unpaired) electrons. The van der Waals surface area contributed by atoms with Crippen molar-refractivity contribution < 1.29 is 4.79 Å². The summed E-state index contributed by atoms with van der Waals surface area (Å²) in [5, 5.41) is 7.17. The molecule has 0 atom stereocenters. The molecule has 0 unspecified atom stereocenters. The Kier molecular flexibility index (Phi) is 5.05. The summed E-state index contributed by atoms with van der Waals surface area (Å²) < 4.78 is 1.78. The van der Waals surface area contributed by atoms with E-state index in [0.717, 1.165) is 49.9 Å². The molecule has 1 amide bonds. The van der Waals surface area contributed by atoms with Crippen LogP contribution >= 0.6 is 0 Å². The third-order valence-corrected chi connectivity index (χ3v) is 4.83. The number of amides is 1. The Balaban J connectivity index is 1.42. The zero-order valence-corrected chi connectivity index (χ0v) is 16.2. The first-order chi connectivity index (χ1) is 13.7. The molecule has 146 valence electrons. The topological polar surface area (TPSA) is 91.5 Å². The zero-order chi connectivity index (χ0) is 19.5. The van der Waals surface area contributed by atoms with Crippen LogP contribution in [0.4, 0.5) is 11.6 Å². The van der Waals surface area contributed by atoms with Gasteiger partial charge in [0.05, 0.1) is 5.56 Å². The van der Waals surface area contributed by atoms with Crippen molar-refractivity contribution in [3.05, 3.63) is 42.0 Å². The lowest BCUT2D eigenvalue weighted by molar-refractivity contribution is 0.0953. The Morgan fingerprint density at radius 2 is 1.93 bits per heavy atom. The Hall–Kier alpha value is -3.23. The van der Waals surface area contributed by atoms with E-state index < -0.39 is 0 Å². The number of nitrogens with one attached hydrogen (secondary N) is 1. The van der Waals surface area contributed by atoms with Gasteiger partial charge in [0.1, 0.15) is 18.0 Å². The Labute approximate surface area is 163 Å². The van der Waals surface area contributed by atoms with Gasteiger partial charge in [-0.25, -0.2) is 9.97 Å². The molecule has 4 rings (SSSR count). The molecule has 1 fully saturated rings. The predicted octanol–water partition coefficient (Wildman–Crippen LogP) is 1.29. The van der Waals surface area contributed by atoms with Gasteiger partial charge in [-0.05, 0) is 25.5 Å². The number of hydrogen-bond acceptors (Lipinski definition) is 7. The van der Waals surface area contributed by atoms with E-state index in [0.29, 0.717) is 17.9 Å². The minimum atomic E-state index is -0.0735. The molecule has 3 aromatic rings. The highest BCUT2D eigenvalue weighted by Gasteiger charge is 2.21. The van der Waals surface area contributed by atoms with Crippen LogP contribution in [-0.4, -0.2) is 63.2 Å². The molecule has 1 aliphatic heterocycles. The summed E-state index contributed by atoms with van der Waals surface area (Å²) in [4.78, 5) is 29.6. The summed E-state index contributed by atoms with van der Waals surface area (Å²) in [7, 11) is 0. The third kappa shape index (κ3) is 3.60. The van der Waals surface area contributed by atoms with Gasteiger partial charge in [0.2, 0.25) is 0 Å². The first-order valence-corrected chi connectivity index (χ1v) is 9.57. The van der Waals surface area contributed by atoms with Gasteiger partial charge >= 0.3 is 0 Å². The SMILES string of the molecule is CCCNC(=O)c1ccc(N2CCN(c3cc(C)nc4ncnn34)CC2)nc1. The Morgan fingerprint density at radius 1 is 1.14 bits per heavy atom. The van der Waals surface area contributed by atoms with Crippen LogP contribution in [0.3, 0.4) is 0 Å². The maximum atomic E-state index is 12.0. The van der Waals surface area contributed by atoms with Gasteiger partial charge in [-0.2, -0.15) is 14.6 Å². The van der Waals surface area contributed by atoms with E-state index in [-0.39, 0.29) is 5.91 Å². The van der Waals surface area contributed by atoms with Crippen LogP contribution in [0.15, 0.2) is 30.7 Å². The minimum absolute atomic E-state index is 0.0735. The number of piperazine rings is 1. The van der Waals surface area contributed by atoms with E-state index >= 15 is 0 Å². The van der Waals surface area contributed by atoms with Crippen molar-refractivity contribution in [1.29, 1.82) is 0 Å². The highest BCUT2D eigenvalue weighted by molar-refractivity contribution is 5.94. The summed E-state index contributed by atoms with van der Waals surface area (Å²) >= 11 is 0. The first-order valence-electron chi connectivity index (χ1n) is 9.57. The standard InChI is InChI=1S/C19H24N8O/c1-3-6-20-18(28)15-4-5-16(21-12-15)25-7-9-26(10-8-25)17-11-14(2)24-19-22-13-23-27(17)19/h4-5,11-13H,3,6-10H2,1-2H3,(H,20,28). The second kappa shape index (κ2) is 7.79. The lowest BCUT2D eigenvalue weighted by atomic mass is 10.2. The van der Waals surface area contributed by atoms with Crippen molar-refractivity contribution in [3.8, 4) is 0 Å². The maximum Gasteiger partial charge on any atom is 0.254 e. The van der Waals surface area contributed by atoms with Gasteiger partial charge in [0.15, 0.2) is 0 Å². The van der Waals surface area contributed by atoms with E-state index in [1.54, 1.807) is 10.7 Å². The minimum Gasteiger partial charge on any atom is -0.353 e. The van der Waals surface area contributed by atoms with Crippen LogP contribution in [0.25, 0.3) is 5.78 Å². The number of fused-ring (bicyclic) bond motifs is 1. The monoisotopic (exact) mass is 380 g/mol. The second-order valence-corrected chi connectivity index (χ2v) is 6.86. The van der Waals surface area contributed by atoms with E-state index in [9.17, 15) is 4.79 Å². The number of aryl methyl sites for hydroxylation is 1. The highest BCUT2D eigenvalue weighted by Crippen LogP contribution is 2.20. The van der Waals surface area contributed by atoms with Crippen LogP contribution in [0.1, 0.15) is 29.4 Å². The van der Waals surface area contributed by atoms with Gasteiger partial charge < -0.3 is 15.1 Å². The average Bonchev–Trinajstić information content (AvgIpc) is 3.20. The number of carbonyl (C=O) groups is 1. The van der Waals surface area contributed by atoms with Gasteiger partial charge in [-0.3, -0.25) is 4.79 Å². The number of nitrogens with zero attached hydrogens (tertiary/aromatic N) is 7. The molecule has 0 saturated carbocycles. The van der Waals surface area contributed by atoms with Gasteiger partial charge in [0, 0.05) is 50.7 Å².